The fraction of sp³-hybridized carbons (Fsp3) is 0.692. The van der Waals surface area contributed by atoms with Crippen molar-refractivity contribution in [1.82, 2.24) is 19.7 Å². The molecule has 0 N–H and O–H groups in total. The third-order valence-corrected chi connectivity index (χ3v) is 5.37. The van der Waals surface area contributed by atoms with Gasteiger partial charge in [-0.15, -0.1) is 0 Å². The molecule has 0 bridgehead atoms. The van der Waals surface area contributed by atoms with Crippen LogP contribution in [0.15, 0.2) is 18.3 Å². The van der Waals surface area contributed by atoms with Crippen LogP contribution in [0.3, 0.4) is 0 Å². The molecule has 36 heavy (non-hydrogen) atoms. The van der Waals surface area contributed by atoms with Gasteiger partial charge in [-0.25, -0.2) is 4.79 Å². The predicted molar refractivity (Wildman–Crippen MR) is 135 cm³/mol. The van der Waals surface area contributed by atoms with E-state index in [0.717, 1.165) is 5.69 Å². The molecule has 202 valence electrons. The smallest absolute Gasteiger partial charge is 0.339 e. The molecule has 1 aromatic heterocycles. The third kappa shape index (κ3) is 11.5. The van der Waals surface area contributed by atoms with Crippen LogP contribution in [-0.4, -0.2) is 108 Å². The van der Waals surface area contributed by atoms with Crippen molar-refractivity contribution in [2.75, 3.05) is 59.5 Å². The number of esters is 3. The lowest BCUT2D eigenvalue weighted by atomic mass is 10.2. The number of rotatable bonds is 7. The van der Waals surface area contributed by atoms with E-state index < -0.39 is 17.2 Å². The Balaban J connectivity index is 2.11. The second-order valence-electron chi connectivity index (χ2n) is 11.0. The molecule has 1 aliphatic rings. The molecule has 10 nitrogen and oxygen atoms in total. The van der Waals surface area contributed by atoms with E-state index in [0.29, 0.717) is 51.4 Å². The van der Waals surface area contributed by atoms with E-state index in [1.807, 2.05) is 47.6 Å². The van der Waals surface area contributed by atoms with E-state index in [9.17, 15) is 14.4 Å². The van der Waals surface area contributed by atoms with E-state index in [4.69, 9.17) is 14.2 Å². The summed E-state index contributed by atoms with van der Waals surface area (Å²) in [5, 5.41) is 0. The molecule has 0 amide bonds. The molecule has 0 aromatic carbocycles. The van der Waals surface area contributed by atoms with E-state index in [1.165, 1.54) is 13.3 Å². The van der Waals surface area contributed by atoms with Crippen LogP contribution >= 0.6 is 0 Å². The van der Waals surface area contributed by atoms with E-state index in [-0.39, 0.29) is 25.0 Å². The monoisotopic (exact) mass is 506 g/mol. The Labute approximate surface area is 214 Å². The van der Waals surface area contributed by atoms with Gasteiger partial charge < -0.3 is 14.2 Å². The number of ether oxygens (including phenoxy) is 3. The van der Waals surface area contributed by atoms with Crippen LogP contribution in [0.25, 0.3) is 0 Å². The van der Waals surface area contributed by atoms with Gasteiger partial charge in [-0.1, -0.05) is 0 Å². The normalized spacial score (nSPS) is 17.0. The minimum absolute atomic E-state index is 0.178. The highest BCUT2D eigenvalue weighted by molar-refractivity contribution is 5.88. The molecule has 2 heterocycles. The molecule has 2 rings (SSSR count). The fourth-order valence-electron chi connectivity index (χ4n) is 3.76. The average molecular weight is 507 g/mol. The highest BCUT2D eigenvalue weighted by Gasteiger charge is 2.24. The summed E-state index contributed by atoms with van der Waals surface area (Å²) in [5.74, 6) is -0.966. The summed E-state index contributed by atoms with van der Waals surface area (Å²) in [5.41, 5.74) is 0.123. The van der Waals surface area contributed by atoms with E-state index in [1.54, 1.807) is 6.07 Å². The van der Waals surface area contributed by atoms with Crippen molar-refractivity contribution in [3.63, 3.8) is 0 Å². The molecule has 0 saturated carbocycles. The Hall–Kier alpha value is -2.56. The predicted octanol–water partition coefficient (Wildman–Crippen LogP) is 1.97. The molecule has 0 spiro atoms. The number of pyridine rings is 1. The van der Waals surface area contributed by atoms with Crippen molar-refractivity contribution in [1.29, 1.82) is 0 Å². The maximum Gasteiger partial charge on any atom is 0.339 e. The second kappa shape index (κ2) is 13.1. The molecular weight excluding hydrogens is 464 g/mol. The third-order valence-electron chi connectivity index (χ3n) is 5.37. The van der Waals surface area contributed by atoms with Crippen molar-refractivity contribution in [2.24, 2.45) is 0 Å². The summed E-state index contributed by atoms with van der Waals surface area (Å²) in [6, 6.07) is 3.52. The summed E-state index contributed by atoms with van der Waals surface area (Å²) in [6.07, 6.45) is 1.51. The van der Waals surface area contributed by atoms with Gasteiger partial charge in [0.15, 0.2) is 0 Å². The number of methoxy groups -OCH3 is 1. The summed E-state index contributed by atoms with van der Waals surface area (Å²) < 4.78 is 15.8. The average Bonchev–Trinajstić information content (AvgIpc) is 2.83. The Kier molecular flexibility index (Phi) is 10.8. The highest BCUT2D eigenvalue weighted by Crippen LogP contribution is 2.11. The van der Waals surface area contributed by atoms with Crippen molar-refractivity contribution < 1.29 is 28.6 Å². The van der Waals surface area contributed by atoms with Crippen LogP contribution in [0.5, 0.6) is 0 Å². The Bertz CT molecular complexity index is 834. The zero-order valence-corrected chi connectivity index (χ0v) is 22.8. The first-order chi connectivity index (χ1) is 16.7. The summed E-state index contributed by atoms with van der Waals surface area (Å²) in [7, 11) is 1.34. The van der Waals surface area contributed by atoms with Crippen LogP contribution in [-0.2, 0) is 30.3 Å². The van der Waals surface area contributed by atoms with Gasteiger partial charge in [-0.05, 0) is 53.7 Å². The largest absolute Gasteiger partial charge is 0.465 e. The van der Waals surface area contributed by atoms with Crippen LogP contribution in [0.2, 0.25) is 0 Å². The molecule has 1 fully saturated rings. The van der Waals surface area contributed by atoms with Gasteiger partial charge in [0.2, 0.25) is 0 Å². The van der Waals surface area contributed by atoms with Crippen LogP contribution < -0.4 is 0 Å². The molecule has 10 heteroatoms. The standard InChI is InChI=1S/C26H42N4O6/c1-25(2,3)35-22(31)18-29-12-10-28(17-21-9-8-20(16-27-21)24(33)34-7)11-13-30(15-14-29)19-23(32)36-26(4,5)6/h8-9,16H,10-15,17-19H2,1-7H3. The zero-order chi connectivity index (χ0) is 26.9. The van der Waals surface area contributed by atoms with Crippen molar-refractivity contribution in [3.05, 3.63) is 29.6 Å². The summed E-state index contributed by atoms with van der Waals surface area (Å²) >= 11 is 0. The molecule has 1 aliphatic heterocycles. The molecule has 0 atom stereocenters. The summed E-state index contributed by atoms with van der Waals surface area (Å²) in [6.45, 7) is 16.1. The lowest BCUT2D eigenvalue weighted by molar-refractivity contribution is -0.158. The minimum atomic E-state index is -0.548. The number of carbonyl (C=O) groups is 3. The van der Waals surface area contributed by atoms with Crippen molar-refractivity contribution in [3.8, 4) is 0 Å². The Morgan fingerprint density at radius 1 is 0.778 bits per heavy atom. The number of hydrogen-bond donors (Lipinski definition) is 0. The molecule has 0 unspecified atom stereocenters. The van der Waals surface area contributed by atoms with Gasteiger partial charge >= 0.3 is 17.9 Å². The Morgan fingerprint density at radius 2 is 1.22 bits per heavy atom. The second-order valence-corrected chi connectivity index (χ2v) is 11.0. The van der Waals surface area contributed by atoms with Gasteiger partial charge in [-0.3, -0.25) is 29.3 Å². The topological polar surface area (TPSA) is 102 Å². The summed E-state index contributed by atoms with van der Waals surface area (Å²) in [4.78, 5) is 47.5. The molecule has 0 aliphatic carbocycles. The maximum atomic E-state index is 12.5. The first-order valence-electron chi connectivity index (χ1n) is 12.4. The SMILES string of the molecule is COC(=O)c1ccc(CN2CCN(CC(=O)OC(C)(C)C)CCN(CC(=O)OC(C)(C)C)CC2)nc1. The van der Waals surface area contributed by atoms with Gasteiger partial charge in [0.25, 0.3) is 0 Å². The van der Waals surface area contributed by atoms with E-state index >= 15 is 0 Å². The quantitative estimate of drug-likeness (QED) is 0.403. The minimum Gasteiger partial charge on any atom is -0.465 e. The molecule has 1 saturated heterocycles. The van der Waals surface area contributed by atoms with E-state index in [2.05, 4.69) is 19.7 Å². The van der Waals surface area contributed by atoms with Gasteiger partial charge in [0, 0.05) is 52.0 Å². The molecule has 1 aromatic rings. The lowest BCUT2D eigenvalue weighted by Crippen LogP contribution is -2.42. The van der Waals surface area contributed by atoms with Crippen LogP contribution in [0.4, 0.5) is 0 Å². The highest BCUT2D eigenvalue weighted by atomic mass is 16.6. The lowest BCUT2D eigenvalue weighted by Gasteiger charge is -2.27. The number of aromatic nitrogens is 1. The van der Waals surface area contributed by atoms with Crippen molar-refractivity contribution in [2.45, 2.75) is 59.3 Å². The Morgan fingerprint density at radius 3 is 1.58 bits per heavy atom. The first kappa shape index (κ1) is 29.7. The fourth-order valence-corrected chi connectivity index (χ4v) is 3.76. The first-order valence-corrected chi connectivity index (χ1v) is 12.4. The number of nitrogens with zero attached hydrogens (tertiary/aromatic N) is 4. The molecule has 0 radical (unpaired) electrons. The maximum absolute atomic E-state index is 12.5. The van der Waals surface area contributed by atoms with Gasteiger partial charge in [0.1, 0.15) is 11.2 Å². The number of carbonyl (C=O) groups excluding carboxylic acids is 3. The van der Waals surface area contributed by atoms with Crippen LogP contribution in [0.1, 0.15) is 57.6 Å². The van der Waals surface area contributed by atoms with Crippen molar-refractivity contribution >= 4 is 17.9 Å². The van der Waals surface area contributed by atoms with Crippen LogP contribution in [0, 0.1) is 0 Å². The molecular formula is C26H42N4O6. The number of hydrogen-bond acceptors (Lipinski definition) is 10. The van der Waals surface area contributed by atoms with Gasteiger partial charge in [-0.2, -0.15) is 0 Å². The van der Waals surface area contributed by atoms with Gasteiger partial charge in [0.05, 0.1) is 31.5 Å². The zero-order valence-electron chi connectivity index (χ0n) is 22.8.